The summed E-state index contributed by atoms with van der Waals surface area (Å²) in [5, 5.41) is 0.714. The molecule has 0 fully saturated rings. The van der Waals surface area contributed by atoms with Crippen molar-refractivity contribution in [1.29, 1.82) is 0 Å². The van der Waals surface area contributed by atoms with Gasteiger partial charge in [0.1, 0.15) is 0 Å². The lowest BCUT2D eigenvalue weighted by Gasteiger charge is -2.10. The molecular formula is C16H19NOS. The zero-order valence-corrected chi connectivity index (χ0v) is 12.5. The van der Waals surface area contributed by atoms with Crippen LogP contribution in [-0.4, -0.2) is 18.3 Å². The van der Waals surface area contributed by atoms with Crippen molar-refractivity contribution in [3.63, 3.8) is 0 Å². The van der Waals surface area contributed by atoms with Gasteiger partial charge in [0.2, 0.25) is 0 Å². The summed E-state index contributed by atoms with van der Waals surface area (Å²) in [5.74, 6) is 0.488. The van der Waals surface area contributed by atoms with Crippen molar-refractivity contribution in [2.24, 2.45) is 4.99 Å². The van der Waals surface area contributed by atoms with Crippen molar-refractivity contribution in [3.05, 3.63) is 58.1 Å². The number of carbonyl (C=O) groups is 1. The molecular weight excluding hydrogens is 254 g/mol. The number of aliphatic imine (C=N–C) groups is 1. The molecule has 1 rings (SSSR count). The van der Waals surface area contributed by atoms with Gasteiger partial charge in [-0.3, -0.25) is 9.79 Å². The van der Waals surface area contributed by atoms with Crippen molar-refractivity contribution in [1.82, 2.24) is 0 Å². The first-order chi connectivity index (χ1) is 8.99. The third-order valence-electron chi connectivity index (χ3n) is 2.72. The molecule has 0 heterocycles. The van der Waals surface area contributed by atoms with Gasteiger partial charge >= 0.3 is 0 Å². The lowest BCUT2D eigenvalue weighted by Crippen LogP contribution is -2.07. The van der Waals surface area contributed by atoms with Crippen LogP contribution in [0.5, 0.6) is 0 Å². The Morgan fingerprint density at radius 1 is 1.32 bits per heavy atom. The van der Waals surface area contributed by atoms with E-state index in [0.717, 1.165) is 16.7 Å². The van der Waals surface area contributed by atoms with Gasteiger partial charge in [-0.15, -0.1) is 0 Å². The number of hydrogen-bond acceptors (Lipinski definition) is 3. The summed E-state index contributed by atoms with van der Waals surface area (Å²) in [7, 11) is 0. The smallest absolute Gasteiger partial charge is 0.173 e. The highest BCUT2D eigenvalue weighted by atomic mass is 32.2. The van der Waals surface area contributed by atoms with Crippen LogP contribution in [0, 0.1) is 20.8 Å². The molecule has 100 valence electrons. The first kappa shape index (κ1) is 15.4. The molecule has 2 nitrogen and oxygen atoms in total. The summed E-state index contributed by atoms with van der Waals surface area (Å²) < 4.78 is 0. The number of thioether (sulfide) groups is 1. The summed E-state index contributed by atoms with van der Waals surface area (Å²) in [6.45, 7) is 13.1. The van der Waals surface area contributed by atoms with Crippen LogP contribution < -0.4 is 0 Å². The Morgan fingerprint density at radius 2 is 1.89 bits per heavy atom. The lowest BCUT2D eigenvalue weighted by atomic mass is 9.97. The van der Waals surface area contributed by atoms with E-state index >= 15 is 0 Å². The van der Waals surface area contributed by atoms with E-state index in [0.29, 0.717) is 10.8 Å². The van der Waals surface area contributed by atoms with E-state index < -0.39 is 0 Å². The first-order valence-corrected chi connectivity index (χ1v) is 7.01. The van der Waals surface area contributed by atoms with Gasteiger partial charge < -0.3 is 0 Å². The molecule has 3 heteroatoms. The second kappa shape index (κ2) is 7.10. The Balaban J connectivity index is 2.88. The maximum atomic E-state index is 12.3. The van der Waals surface area contributed by atoms with Crippen LogP contribution in [0.3, 0.4) is 0 Å². The van der Waals surface area contributed by atoms with Gasteiger partial charge in [-0.05, 0) is 44.7 Å². The Labute approximate surface area is 119 Å². The number of allylic oxidation sites excluding steroid dienone is 2. The van der Waals surface area contributed by atoms with Gasteiger partial charge in [-0.25, -0.2) is 0 Å². The van der Waals surface area contributed by atoms with Gasteiger partial charge in [0.05, 0.1) is 10.8 Å². The standard InChI is InChI=1S/C16H19NOS/c1-6-7-15(17-5)19-10-14(18)16-12(3)8-11(2)9-13(16)4/h6-9H,1,5,10H2,2-4H3/b15-7+. The molecule has 0 radical (unpaired) electrons. The maximum absolute atomic E-state index is 12.3. The number of ketones is 1. The van der Waals surface area contributed by atoms with Crippen molar-refractivity contribution in [2.75, 3.05) is 5.75 Å². The van der Waals surface area contributed by atoms with E-state index in [1.807, 2.05) is 32.9 Å². The number of benzene rings is 1. The fourth-order valence-electron chi connectivity index (χ4n) is 2.08. The predicted octanol–water partition coefficient (Wildman–Crippen LogP) is 4.26. The summed E-state index contributed by atoms with van der Waals surface area (Å²) >= 11 is 1.38. The zero-order valence-electron chi connectivity index (χ0n) is 11.7. The van der Waals surface area contributed by atoms with Crippen molar-refractivity contribution < 1.29 is 4.79 Å². The average Bonchev–Trinajstić information content (AvgIpc) is 2.33. The van der Waals surface area contributed by atoms with Gasteiger partial charge in [0.25, 0.3) is 0 Å². The normalized spacial score (nSPS) is 11.2. The lowest BCUT2D eigenvalue weighted by molar-refractivity contribution is 0.102. The van der Waals surface area contributed by atoms with Crippen LogP contribution in [0.2, 0.25) is 0 Å². The van der Waals surface area contributed by atoms with E-state index in [1.165, 1.54) is 17.3 Å². The Morgan fingerprint density at radius 3 is 2.37 bits per heavy atom. The van der Waals surface area contributed by atoms with Crippen molar-refractivity contribution >= 4 is 24.3 Å². The number of aryl methyl sites for hydroxylation is 3. The molecule has 1 aromatic carbocycles. The molecule has 0 saturated heterocycles. The minimum Gasteiger partial charge on any atom is -0.293 e. The molecule has 0 aliphatic rings. The second-order valence-electron chi connectivity index (χ2n) is 4.38. The molecule has 0 saturated carbocycles. The van der Waals surface area contributed by atoms with Crippen LogP contribution >= 0.6 is 11.8 Å². The Hall–Kier alpha value is -1.61. The summed E-state index contributed by atoms with van der Waals surface area (Å²) in [6, 6.07) is 4.08. The number of Topliss-reactive ketones (excluding diaryl/α,β-unsaturated/α-hetero) is 1. The van der Waals surface area contributed by atoms with Crippen molar-refractivity contribution in [3.8, 4) is 0 Å². The number of carbonyl (C=O) groups excluding carboxylic acids is 1. The summed E-state index contributed by atoms with van der Waals surface area (Å²) in [4.78, 5) is 16.1. The molecule has 0 bridgehead atoms. The minimum atomic E-state index is 0.124. The van der Waals surface area contributed by atoms with Gasteiger partial charge in [0, 0.05) is 5.56 Å². The molecule has 0 aliphatic heterocycles. The average molecular weight is 273 g/mol. The third-order valence-corrected chi connectivity index (χ3v) is 3.69. The van der Waals surface area contributed by atoms with Crippen LogP contribution in [0.4, 0.5) is 0 Å². The number of hydrogen-bond donors (Lipinski definition) is 0. The van der Waals surface area contributed by atoms with Crippen LogP contribution in [0.1, 0.15) is 27.0 Å². The van der Waals surface area contributed by atoms with E-state index in [9.17, 15) is 4.79 Å². The number of nitrogens with zero attached hydrogens (tertiary/aromatic N) is 1. The van der Waals surface area contributed by atoms with Gasteiger partial charge in [-0.1, -0.05) is 42.1 Å². The fraction of sp³-hybridized carbons (Fsp3) is 0.250. The SMILES string of the molecule is C=C/C=C(\N=C)SCC(=O)c1c(C)cc(C)cc1C. The predicted molar refractivity (Wildman–Crippen MR) is 85.3 cm³/mol. The van der Waals surface area contributed by atoms with Crippen molar-refractivity contribution in [2.45, 2.75) is 20.8 Å². The molecule has 0 N–H and O–H groups in total. The highest BCUT2D eigenvalue weighted by Crippen LogP contribution is 2.22. The monoisotopic (exact) mass is 273 g/mol. The van der Waals surface area contributed by atoms with Gasteiger partial charge in [-0.2, -0.15) is 0 Å². The Kier molecular flexibility index (Phi) is 5.77. The van der Waals surface area contributed by atoms with E-state index in [1.54, 1.807) is 12.2 Å². The zero-order chi connectivity index (χ0) is 14.4. The fourth-order valence-corrected chi connectivity index (χ4v) is 2.79. The molecule has 0 atom stereocenters. The molecule has 19 heavy (non-hydrogen) atoms. The van der Waals surface area contributed by atoms with Crippen LogP contribution in [0.15, 0.2) is 40.9 Å². The second-order valence-corrected chi connectivity index (χ2v) is 5.38. The van der Waals surface area contributed by atoms with E-state index in [4.69, 9.17) is 0 Å². The molecule has 0 spiro atoms. The molecule has 0 amide bonds. The summed E-state index contributed by atoms with van der Waals surface area (Å²) in [6.07, 6.45) is 3.39. The molecule has 0 aromatic heterocycles. The highest BCUT2D eigenvalue weighted by molar-refractivity contribution is 8.03. The number of rotatable bonds is 6. The quantitative estimate of drug-likeness (QED) is 0.440. The molecule has 0 unspecified atom stereocenters. The van der Waals surface area contributed by atoms with Crippen LogP contribution in [0.25, 0.3) is 0 Å². The minimum absolute atomic E-state index is 0.124. The van der Waals surface area contributed by atoms with Crippen LogP contribution in [-0.2, 0) is 0 Å². The summed E-state index contributed by atoms with van der Waals surface area (Å²) in [5.41, 5.74) is 4.06. The van der Waals surface area contributed by atoms with E-state index in [2.05, 4.69) is 18.3 Å². The molecule has 0 aliphatic carbocycles. The third kappa shape index (κ3) is 4.21. The molecule has 1 aromatic rings. The van der Waals surface area contributed by atoms with E-state index in [-0.39, 0.29) is 5.78 Å². The Bertz CT molecular complexity index is 521. The topological polar surface area (TPSA) is 29.4 Å². The maximum Gasteiger partial charge on any atom is 0.173 e. The highest BCUT2D eigenvalue weighted by Gasteiger charge is 2.13. The first-order valence-electron chi connectivity index (χ1n) is 6.03. The largest absolute Gasteiger partial charge is 0.293 e. The van der Waals surface area contributed by atoms with Gasteiger partial charge in [0.15, 0.2) is 5.78 Å².